The molecule has 2 rings (SSSR count). The molecule has 14 heavy (non-hydrogen) atoms. The fraction of sp³-hybridized carbons (Fsp3) is 0.300. The molecule has 0 radical (unpaired) electrons. The molecule has 1 aromatic rings. The van der Waals surface area contributed by atoms with E-state index in [1.54, 1.807) is 6.07 Å². The van der Waals surface area contributed by atoms with Gasteiger partial charge in [-0.2, -0.15) is 0 Å². The van der Waals surface area contributed by atoms with Gasteiger partial charge in [-0.1, -0.05) is 0 Å². The zero-order chi connectivity index (χ0) is 9.97. The van der Waals surface area contributed by atoms with Gasteiger partial charge in [0.05, 0.1) is 0 Å². The van der Waals surface area contributed by atoms with E-state index >= 15 is 0 Å². The normalized spacial score (nSPS) is 16.0. The number of hydrogen-bond donors (Lipinski definition) is 1. The summed E-state index contributed by atoms with van der Waals surface area (Å²) in [4.78, 5) is 4.34. The second-order valence-corrected chi connectivity index (χ2v) is 3.99. The van der Waals surface area contributed by atoms with Gasteiger partial charge in [-0.3, -0.25) is 4.99 Å². The summed E-state index contributed by atoms with van der Waals surface area (Å²) in [6, 6.07) is 4.63. The van der Waals surface area contributed by atoms with Crippen LogP contribution < -0.4 is 5.32 Å². The molecule has 0 spiro atoms. The minimum Gasteiger partial charge on any atom is -0.370 e. The summed E-state index contributed by atoms with van der Waals surface area (Å²) in [5.74, 6) is 0.611. The van der Waals surface area contributed by atoms with Crippen LogP contribution in [0.5, 0.6) is 0 Å². The van der Waals surface area contributed by atoms with Crippen molar-refractivity contribution in [2.75, 3.05) is 13.1 Å². The average Bonchev–Trinajstić information content (AvgIpc) is 2.19. The number of amidine groups is 1. The number of halogens is 2. The first-order valence-electron chi connectivity index (χ1n) is 4.51. The number of rotatable bonds is 1. The maximum Gasteiger partial charge on any atom is 0.129 e. The molecule has 74 valence electrons. The number of nitrogens with zero attached hydrogens (tertiary/aromatic N) is 1. The van der Waals surface area contributed by atoms with Crippen molar-refractivity contribution in [3.8, 4) is 0 Å². The average molecular weight is 257 g/mol. The lowest BCUT2D eigenvalue weighted by molar-refractivity contribution is 0.626. The van der Waals surface area contributed by atoms with E-state index in [-0.39, 0.29) is 5.82 Å². The number of benzene rings is 1. The Bertz CT molecular complexity index is 376. The van der Waals surface area contributed by atoms with Crippen LogP contribution in [-0.2, 0) is 0 Å². The standard InChI is InChI=1S/C10H10BrFN2/c11-9-6-7(12)2-3-8(9)10-13-4-1-5-14-10/h2-3,6H,1,4-5H2,(H,13,14). The van der Waals surface area contributed by atoms with Gasteiger partial charge < -0.3 is 5.32 Å². The van der Waals surface area contributed by atoms with Crippen molar-refractivity contribution in [2.45, 2.75) is 6.42 Å². The third kappa shape index (κ3) is 1.95. The first-order valence-corrected chi connectivity index (χ1v) is 5.30. The lowest BCUT2D eigenvalue weighted by Gasteiger charge is -2.15. The molecule has 0 saturated heterocycles. The van der Waals surface area contributed by atoms with Gasteiger partial charge in [0.15, 0.2) is 0 Å². The topological polar surface area (TPSA) is 24.4 Å². The van der Waals surface area contributed by atoms with Crippen LogP contribution in [-0.4, -0.2) is 18.9 Å². The van der Waals surface area contributed by atoms with Gasteiger partial charge in [0.2, 0.25) is 0 Å². The monoisotopic (exact) mass is 256 g/mol. The van der Waals surface area contributed by atoms with Crippen molar-refractivity contribution in [3.05, 3.63) is 34.1 Å². The summed E-state index contributed by atoms with van der Waals surface area (Å²) in [5, 5.41) is 3.19. The Kier molecular flexibility index (Phi) is 2.82. The van der Waals surface area contributed by atoms with Gasteiger partial charge in [0.1, 0.15) is 11.7 Å². The van der Waals surface area contributed by atoms with Crippen molar-refractivity contribution in [1.82, 2.24) is 5.32 Å². The summed E-state index contributed by atoms with van der Waals surface area (Å²) in [7, 11) is 0. The van der Waals surface area contributed by atoms with Crippen LogP contribution in [0.15, 0.2) is 27.7 Å². The van der Waals surface area contributed by atoms with E-state index in [4.69, 9.17) is 0 Å². The molecule has 0 aliphatic carbocycles. The quantitative estimate of drug-likeness (QED) is 0.820. The van der Waals surface area contributed by atoms with E-state index < -0.39 is 0 Å². The summed E-state index contributed by atoms with van der Waals surface area (Å²) in [6.07, 6.45) is 1.06. The molecule has 0 saturated carbocycles. The van der Waals surface area contributed by atoms with E-state index in [0.717, 1.165) is 35.4 Å². The Balaban J connectivity index is 2.35. The minimum atomic E-state index is -0.239. The molecule has 0 atom stereocenters. The molecule has 0 aromatic heterocycles. The minimum absolute atomic E-state index is 0.239. The number of aliphatic imine (C=N–C) groups is 1. The molecular weight excluding hydrogens is 247 g/mol. The van der Waals surface area contributed by atoms with Crippen LogP contribution in [0.2, 0.25) is 0 Å². The highest BCUT2D eigenvalue weighted by Crippen LogP contribution is 2.18. The fourth-order valence-corrected chi connectivity index (χ4v) is 1.93. The van der Waals surface area contributed by atoms with Gasteiger partial charge in [0.25, 0.3) is 0 Å². The molecule has 0 bridgehead atoms. The maximum atomic E-state index is 12.8. The molecule has 1 heterocycles. The Morgan fingerprint density at radius 2 is 2.29 bits per heavy atom. The van der Waals surface area contributed by atoms with E-state index in [2.05, 4.69) is 26.2 Å². The molecule has 0 fully saturated rings. The van der Waals surface area contributed by atoms with Crippen LogP contribution in [0, 0.1) is 5.82 Å². The highest BCUT2D eigenvalue weighted by atomic mass is 79.9. The first-order chi connectivity index (χ1) is 6.77. The smallest absolute Gasteiger partial charge is 0.129 e. The van der Waals surface area contributed by atoms with Crippen LogP contribution in [0.25, 0.3) is 0 Å². The molecule has 1 aliphatic heterocycles. The number of nitrogens with one attached hydrogen (secondary N) is 1. The molecule has 0 unspecified atom stereocenters. The Labute approximate surface area is 90.4 Å². The highest BCUT2D eigenvalue weighted by molar-refractivity contribution is 9.10. The summed E-state index contributed by atoms with van der Waals surface area (Å²) in [5.41, 5.74) is 0.922. The largest absolute Gasteiger partial charge is 0.370 e. The predicted molar refractivity (Wildman–Crippen MR) is 58.1 cm³/mol. The third-order valence-corrected chi connectivity index (χ3v) is 2.74. The van der Waals surface area contributed by atoms with E-state index in [1.165, 1.54) is 12.1 Å². The molecular formula is C10H10BrFN2. The summed E-state index contributed by atoms with van der Waals surface area (Å²) < 4.78 is 13.6. The lowest BCUT2D eigenvalue weighted by atomic mass is 10.2. The molecule has 2 nitrogen and oxygen atoms in total. The van der Waals surface area contributed by atoms with Crippen molar-refractivity contribution in [2.24, 2.45) is 4.99 Å². The molecule has 1 aliphatic rings. The summed E-state index contributed by atoms with van der Waals surface area (Å²) in [6.45, 7) is 1.77. The SMILES string of the molecule is Fc1ccc(C2=NCCCN2)c(Br)c1. The van der Waals surface area contributed by atoms with Crippen LogP contribution in [0.3, 0.4) is 0 Å². The molecule has 4 heteroatoms. The number of hydrogen-bond acceptors (Lipinski definition) is 2. The molecule has 1 N–H and O–H groups in total. The zero-order valence-electron chi connectivity index (χ0n) is 7.56. The first kappa shape index (κ1) is 9.65. The van der Waals surface area contributed by atoms with Crippen LogP contribution >= 0.6 is 15.9 Å². The Morgan fingerprint density at radius 1 is 1.43 bits per heavy atom. The van der Waals surface area contributed by atoms with Gasteiger partial charge in [-0.05, 0) is 40.5 Å². The second-order valence-electron chi connectivity index (χ2n) is 3.13. The zero-order valence-corrected chi connectivity index (χ0v) is 9.14. The fourth-order valence-electron chi connectivity index (χ4n) is 1.39. The van der Waals surface area contributed by atoms with Gasteiger partial charge in [0, 0.05) is 23.1 Å². The van der Waals surface area contributed by atoms with Gasteiger partial charge >= 0.3 is 0 Å². The third-order valence-electron chi connectivity index (χ3n) is 2.08. The maximum absolute atomic E-state index is 12.8. The van der Waals surface area contributed by atoms with Gasteiger partial charge in [-0.25, -0.2) is 4.39 Å². The van der Waals surface area contributed by atoms with E-state index in [1.807, 2.05) is 0 Å². The molecule has 1 aromatic carbocycles. The van der Waals surface area contributed by atoms with Crippen molar-refractivity contribution >= 4 is 21.8 Å². The van der Waals surface area contributed by atoms with Gasteiger partial charge in [-0.15, -0.1) is 0 Å². The molecule has 0 amide bonds. The summed E-state index contributed by atoms with van der Waals surface area (Å²) >= 11 is 3.32. The van der Waals surface area contributed by atoms with E-state index in [0.29, 0.717) is 0 Å². The lowest BCUT2D eigenvalue weighted by Crippen LogP contribution is -2.30. The van der Waals surface area contributed by atoms with E-state index in [9.17, 15) is 4.39 Å². The van der Waals surface area contributed by atoms with Crippen molar-refractivity contribution < 1.29 is 4.39 Å². The predicted octanol–water partition coefficient (Wildman–Crippen LogP) is 2.33. The second kappa shape index (κ2) is 4.09. The van der Waals surface area contributed by atoms with Crippen molar-refractivity contribution in [1.29, 1.82) is 0 Å². The van der Waals surface area contributed by atoms with Crippen molar-refractivity contribution in [3.63, 3.8) is 0 Å². The Hall–Kier alpha value is -0.900. The van der Waals surface area contributed by atoms with Crippen LogP contribution in [0.4, 0.5) is 4.39 Å². The van der Waals surface area contributed by atoms with Crippen LogP contribution in [0.1, 0.15) is 12.0 Å². The Morgan fingerprint density at radius 3 is 2.93 bits per heavy atom. The highest BCUT2D eigenvalue weighted by Gasteiger charge is 2.10.